The van der Waals surface area contributed by atoms with Crippen LogP contribution in [0, 0.1) is 12.7 Å². The minimum atomic E-state index is -0.155. The second kappa shape index (κ2) is 6.66. The summed E-state index contributed by atoms with van der Waals surface area (Å²) < 4.78 is 15.7. The second-order valence-electron chi connectivity index (χ2n) is 4.97. The molecule has 0 saturated heterocycles. The molecule has 0 aliphatic carbocycles. The molecule has 4 heteroatoms. The highest BCUT2D eigenvalue weighted by Gasteiger charge is 2.10. The summed E-state index contributed by atoms with van der Waals surface area (Å²) in [6, 6.07) is 5.28. The van der Waals surface area contributed by atoms with Gasteiger partial charge in [-0.1, -0.05) is 13.0 Å². The number of nitrogens with zero attached hydrogens (tertiary/aromatic N) is 2. The Balaban J connectivity index is 2.27. The molecule has 1 N–H and O–H groups in total. The zero-order valence-electron chi connectivity index (χ0n) is 12.4. The number of hydrogen-bond donors (Lipinski definition) is 1. The van der Waals surface area contributed by atoms with E-state index in [0.717, 1.165) is 36.3 Å². The van der Waals surface area contributed by atoms with Gasteiger partial charge in [0.2, 0.25) is 0 Å². The molecule has 0 atom stereocenters. The lowest BCUT2D eigenvalue weighted by Gasteiger charge is -2.07. The number of aromatic nitrogens is 2. The van der Waals surface area contributed by atoms with Crippen molar-refractivity contribution in [2.24, 2.45) is 0 Å². The number of aryl methyl sites for hydroxylation is 2. The first-order valence-corrected chi connectivity index (χ1v) is 7.19. The van der Waals surface area contributed by atoms with E-state index in [2.05, 4.69) is 24.3 Å². The van der Waals surface area contributed by atoms with Crippen molar-refractivity contribution in [2.45, 2.75) is 40.3 Å². The lowest BCUT2D eigenvalue weighted by atomic mass is 10.0. The lowest BCUT2D eigenvalue weighted by Crippen LogP contribution is -2.14. The first kappa shape index (κ1) is 14.7. The van der Waals surface area contributed by atoms with Gasteiger partial charge in [0.25, 0.3) is 0 Å². The van der Waals surface area contributed by atoms with E-state index in [-0.39, 0.29) is 5.82 Å². The summed E-state index contributed by atoms with van der Waals surface area (Å²) in [5.74, 6) is -0.155. The van der Waals surface area contributed by atoms with Gasteiger partial charge in [0.1, 0.15) is 5.82 Å². The molecule has 3 nitrogen and oxygen atoms in total. The monoisotopic (exact) mass is 275 g/mol. The first-order chi connectivity index (χ1) is 9.65. The Morgan fingerprint density at radius 3 is 2.75 bits per heavy atom. The van der Waals surface area contributed by atoms with E-state index in [1.807, 2.05) is 29.9 Å². The summed E-state index contributed by atoms with van der Waals surface area (Å²) in [6.07, 6.45) is 3.06. The Morgan fingerprint density at radius 1 is 1.30 bits per heavy atom. The molecule has 0 aliphatic heterocycles. The Morgan fingerprint density at radius 2 is 2.10 bits per heavy atom. The predicted molar refractivity (Wildman–Crippen MR) is 80.0 cm³/mol. The highest BCUT2D eigenvalue weighted by molar-refractivity contribution is 5.65. The molecule has 2 aromatic rings. The van der Waals surface area contributed by atoms with Crippen LogP contribution in [0.25, 0.3) is 11.1 Å². The second-order valence-corrected chi connectivity index (χ2v) is 4.97. The van der Waals surface area contributed by atoms with Crippen molar-refractivity contribution in [3.8, 4) is 11.1 Å². The van der Waals surface area contributed by atoms with Gasteiger partial charge in [0, 0.05) is 30.4 Å². The third-order valence-corrected chi connectivity index (χ3v) is 3.37. The van der Waals surface area contributed by atoms with Crippen LogP contribution in [-0.2, 0) is 13.1 Å². The van der Waals surface area contributed by atoms with Crippen LogP contribution >= 0.6 is 0 Å². The average Bonchev–Trinajstić information content (AvgIpc) is 2.82. The zero-order valence-corrected chi connectivity index (χ0v) is 12.4. The minimum Gasteiger partial charge on any atom is -0.313 e. The fourth-order valence-electron chi connectivity index (χ4n) is 2.24. The van der Waals surface area contributed by atoms with Crippen molar-refractivity contribution in [3.63, 3.8) is 0 Å². The van der Waals surface area contributed by atoms with Gasteiger partial charge in [-0.25, -0.2) is 4.39 Å². The highest BCUT2D eigenvalue weighted by atomic mass is 19.1. The average molecular weight is 275 g/mol. The van der Waals surface area contributed by atoms with Crippen molar-refractivity contribution >= 4 is 0 Å². The Bertz CT molecular complexity index is 575. The normalized spacial score (nSPS) is 11.0. The molecule has 0 bridgehead atoms. The molecular weight excluding hydrogens is 253 g/mol. The van der Waals surface area contributed by atoms with Crippen LogP contribution < -0.4 is 5.32 Å². The Kier molecular flexibility index (Phi) is 4.90. The Labute approximate surface area is 119 Å². The van der Waals surface area contributed by atoms with Gasteiger partial charge in [0.05, 0.1) is 5.69 Å². The number of rotatable bonds is 6. The van der Waals surface area contributed by atoms with Gasteiger partial charge in [-0.05, 0) is 44.5 Å². The molecule has 1 heterocycles. The summed E-state index contributed by atoms with van der Waals surface area (Å²) in [5.41, 5.74) is 3.78. The van der Waals surface area contributed by atoms with E-state index < -0.39 is 0 Å². The van der Waals surface area contributed by atoms with E-state index in [9.17, 15) is 4.39 Å². The number of hydrogen-bond acceptors (Lipinski definition) is 2. The van der Waals surface area contributed by atoms with Gasteiger partial charge >= 0.3 is 0 Å². The highest BCUT2D eigenvalue weighted by Crippen LogP contribution is 2.24. The molecule has 20 heavy (non-hydrogen) atoms. The van der Waals surface area contributed by atoms with Crippen LogP contribution in [0.15, 0.2) is 24.4 Å². The summed E-state index contributed by atoms with van der Waals surface area (Å²) in [7, 11) is 0. The quantitative estimate of drug-likeness (QED) is 0.817. The maximum absolute atomic E-state index is 13.8. The molecule has 0 radical (unpaired) electrons. The van der Waals surface area contributed by atoms with Crippen LogP contribution in [0.3, 0.4) is 0 Å². The van der Waals surface area contributed by atoms with E-state index in [1.54, 1.807) is 6.07 Å². The lowest BCUT2D eigenvalue weighted by molar-refractivity contribution is 0.587. The molecule has 108 valence electrons. The fourth-order valence-corrected chi connectivity index (χ4v) is 2.24. The fraction of sp³-hybridized carbons (Fsp3) is 0.438. The Hall–Kier alpha value is -1.68. The van der Waals surface area contributed by atoms with E-state index >= 15 is 0 Å². The van der Waals surface area contributed by atoms with Gasteiger partial charge in [-0.15, -0.1) is 0 Å². The molecule has 1 aromatic heterocycles. The van der Waals surface area contributed by atoms with Crippen LogP contribution in [0.4, 0.5) is 4.39 Å². The third kappa shape index (κ3) is 3.25. The van der Waals surface area contributed by atoms with Gasteiger partial charge in [-0.2, -0.15) is 5.10 Å². The molecule has 1 aromatic carbocycles. The molecule has 2 rings (SSSR count). The molecule has 0 saturated carbocycles. The molecule has 0 aliphatic rings. The van der Waals surface area contributed by atoms with Crippen LogP contribution in [-0.4, -0.2) is 16.3 Å². The van der Waals surface area contributed by atoms with Crippen LogP contribution in [0.1, 0.15) is 31.5 Å². The molecule has 0 fully saturated rings. The SMILES string of the molecule is CCCNCc1cc(-c2cn(CC)nc2C)ccc1F. The third-order valence-electron chi connectivity index (χ3n) is 3.37. The molecule has 0 unspecified atom stereocenters. The summed E-state index contributed by atoms with van der Waals surface area (Å²) in [4.78, 5) is 0. The van der Waals surface area contributed by atoms with Crippen molar-refractivity contribution in [1.29, 1.82) is 0 Å². The van der Waals surface area contributed by atoms with Crippen molar-refractivity contribution in [3.05, 3.63) is 41.5 Å². The van der Waals surface area contributed by atoms with Crippen molar-refractivity contribution in [2.75, 3.05) is 6.54 Å². The molecule has 0 spiro atoms. The number of halogens is 1. The maximum Gasteiger partial charge on any atom is 0.127 e. The topological polar surface area (TPSA) is 29.9 Å². The zero-order chi connectivity index (χ0) is 14.5. The minimum absolute atomic E-state index is 0.155. The van der Waals surface area contributed by atoms with Gasteiger partial charge in [-0.3, -0.25) is 4.68 Å². The number of nitrogens with one attached hydrogen (secondary N) is 1. The standard InChI is InChI=1S/C16H22FN3/c1-4-8-18-10-14-9-13(6-7-16(14)17)15-11-20(5-2)19-12(15)3/h6-7,9,11,18H,4-5,8,10H2,1-3H3. The van der Waals surface area contributed by atoms with Crippen LogP contribution in [0.5, 0.6) is 0 Å². The first-order valence-electron chi connectivity index (χ1n) is 7.19. The van der Waals surface area contributed by atoms with E-state index in [4.69, 9.17) is 0 Å². The maximum atomic E-state index is 13.8. The van der Waals surface area contributed by atoms with Crippen molar-refractivity contribution in [1.82, 2.24) is 15.1 Å². The summed E-state index contributed by atoms with van der Waals surface area (Å²) >= 11 is 0. The van der Waals surface area contributed by atoms with E-state index in [0.29, 0.717) is 12.1 Å². The summed E-state index contributed by atoms with van der Waals surface area (Å²) in [5, 5.41) is 7.68. The number of benzene rings is 1. The largest absolute Gasteiger partial charge is 0.313 e. The van der Waals surface area contributed by atoms with Crippen LogP contribution in [0.2, 0.25) is 0 Å². The van der Waals surface area contributed by atoms with E-state index in [1.165, 1.54) is 0 Å². The van der Waals surface area contributed by atoms with Crippen molar-refractivity contribution < 1.29 is 4.39 Å². The smallest absolute Gasteiger partial charge is 0.127 e. The van der Waals surface area contributed by atoms with Gasteiger partial charge in [0.15, 0.2) is 0 Å². The van der Waals surface area contributed by atoms with Gasteiger partial charge < -0.3 is 5.32 Å². The summed E-state index contributed by atoms with van der Waals surface area (Å²) in [6.45, 7) is 8.45. The molecular formula is C16H22FN3. The predicted octanol–water partition coefficient (Wildman–Crippen LogP) is 3.52. The molecule has 0 amide bonds.